The first-order chi connectivity index (χ1) is 9.52. The Morgan fingerprint density at radius 1 is 1.50 bits per heavy atom. The van der Waals surface area contributed by atoms with Crippen molar-refractivity contribution in [3.8, 4) is 0 Å². The first kappa shape index (κ1) is 14.1. The van der Waals surface area contributed by atoms with Gasteiger partial charge in [0, 0.05) is 12.2 Å². The van der Waals surface area contributed by atoms with E-state index in [0.717, 1.165) is 12.8 Å². The summed E-state index contributed by atoms with van der Waals surface area (Å²) in [4.78, 5) is 27.4. The zero-order valence-electron chi connectivity index (χ0n) is 11.5. The van der Waals surface area contributed by atoms with E-state index in [-0.39, 0.29) is 17.2 Å². The Bertz CT molecular complexity index is 528. The number of pyridine rings is 1. The Balaban J connectivity index is 2.08. The summed E-state index contributed by atoms with van der Waals surface area (Å²) >= 11 is 0. The van der Waals surface area contributed by atoms with Gasteiger partial charge >= 0.3 is 5.97 Å². The lowest BCUT2D eigenvalue weighted by atomic mass is 10.2. The summed E-state index contributed by atoms with van der Waals surface area (Å²) < 4.78 is 4.63. The third-order valence-electron chi connectivity index (χ3n) is 3.07. The van der Waals surface area contributed by atoms with E-state index >= 15 is 0 Å². The van der Waals surface area contributed by atoms with Crippen LogP contribution in [0.5, 0.6) is 0 Å². The van der Waals surface area contributed by atoms with Gasteiger partial charge in [-0.25, -0.2) is 9.78 Å². The van der Waals surface area contributed by atoms with E-state index in [2.05, 4.69) is 20.4 Å². The number of hydrogen-bond acceptors (Lipinski definition) is 6. The highest BCUT2D eigenvalue weighted by Gasteiger charge is 2.26. The molecule has 1 saturated carbocycles. The number of hydrogen-bond donors (Lipinski definition) is 3. The molecule has 0 radical (unpaired) electrons. The quantitative estimate of drug-likeness (QED) is 0.678. The molecular weight excluding hydrogens is 260 g/mol. The molecule has 1 aliphatic carbocycles. The highest BCUT2D eigenvalue weighted by molar-refractivity contribution is 5.98. The van der Waals surface area contributed by atoms with Crippen molar-refractivity contribution in [2.45, 2.75) is 31.8 Å². The smallest absolute Gasteiger partial charge is 0.340 e. The van der Waals surface area contributed by atoms with Gasteiger partial charge in [-0.3, -0.25) is 4.79 Å². The van der Waals surface area contributed by atoms with E-state index in [1.807, 2.05) is 0 Å². The average molecular weight is 278 g/mol. The van der Waals surface area contributed by atoms with Crippen LogP contribution in [0.1, 0.15) is 30.1 Å². The number of carbonyl (C=O) groups is 2. The normalized spacial score (nSPS) is 15.3. The molecule has 0 saturated heterocycles. The second-order valence-corrected chi connectivity index (χ2v) is 4.76. The van der Waals surface area contributed by atoms with Crippen molar-refractivity contribution in [1.82, 2.24) is 10.3 Å². The van der Waals surface area contributed by atoms with Gasteiger partial charge in [0.05, 0.1) is 18.4 Å². The van der Waals surface area contributed by atoms with Crippen LogP contribution in [0, 0.1) is 0 Å². The van der Waals surface area contributed by atoms with Crippen LogP contribution in [-0.2, 0) is 9.53 Å². The second-order valence-electron chi connectivity index (χ2n) is 4.76. The topological polar surface area (TPSA) is 106 Å². The number of ether oxygens (including phenoxy) is 1. The number of aromatic nitrogens is 1. The van der Waals surface area contributed by atoms with Crippen LogP contribution < -0.4 is 16.4 Å². The molecule has 108 valence electrons. The lowest BCUT2D eigenvalue weighted by Crippen LogP contribution is -2.39. The predicted molar refractivity (Wildman–Crippen MR) is 74.2 cm³/mol. The Labute approximate surface area is 116 Å². The highest BCUT2D eigenvalue weighted by atomic mass is 16.5. The van der Waals surface area contributed by atoms with Gasteiger partial charge in [-0.2, -0.15) is 0 Å². The summed E-state index contributed by atoms with van der Waals surface area (Å²) in [7, 11) is 1.28. The summed E-state index contributed by atoms with van der Waals surface area (Å²) in [5.74, 6) is -0.355. The Morgan fingerprint density at radius 3 is 2.80 bits per heavy atom. The van der Waals surface area contributed by atoms with Crippen molar-refractivity contribution < 1.29 is 14.3 Å². The summed E-state index contributed by atoms with van der Waals surface area (Å²) in [6, 6.07) is 1.28. The molecule has 1 aromatic heterocycles. The SMILES string of the molecule is COC(=O)c1ccnc(NC(C)C(=O)NC2CC2)c1N. The van der Waals surface area contributed by atoms with Crippen LogP contribution in [0.2, 0.25) is 0 Å². The van der Waals surface area contributed by atoms with Crippen LogP contribution in [-0.4, -0.2) is 36.1 Å². The van der Waals surface area contributed by atoms with Crippen molar-refractivity contribution in [3.63, 3.8) is 0 Å². The molecule has 0 spiro atoms. The van der Waals surface area contributed by atoms with Gasteiger partial charge < -0.3 is 21.1 Å². The fourth-order valence-corrected chi connectivity index (χ4v) is 1.70. The summed E-state index contributed by atoms with van der Waals surface area (Å²) in [6.07, 6.45) is 3.49. The molecule has 1 amide bonds. The Kier molecular flexibility index (Phi) is 4.07. The maximum atomic E-state index is 11.9. The second kappa shape index (κ2) is 5.77. The summed E-state index contributed by atoms with van der Waals surface area (Å²) in [6.45, 7) is 1.71. The summed E-state index contributed by atoms with van der Waals surface area (Å²) in [5.41, 5.74) is 6.26. The van der Waals surface area contributed by atoms with Gasteiger partial charge in [-0.05, 0) is 25.8 Å². The molecule has 1 heterocycles. The zero-order valence-corrected chi connectivity index (χ0v) is 11.5. The molecule has 1 atom stereocenters. The number of nitrogens with one attached hydrogen (secondary N) is 2. The maximum absolute atomic E-state index is 11.9. The van der Waals surface area contributed by atoms with Crippen molar-refractivity contribution in [3.05, 3.63) is 17.8 Å². The molecule has 7 nitrogen and oxygen atoms in total. The third-order valence-corrected chi connectivity index (χ3v) is 3.07. The highest BCUT2D eigenvalue weighted by Crippen LogP contribution is 2.22. The van der Waals surface area contributed by atoms with Gasteiger partial charge in [0.2, 0.25) is 5.91 Å². The molecule has 1 fully saturated rings. The minimum absolute atomic E-state index is 0.114. The number of esters is 1. The molecule has 4 N–H and O–H groups in total. The lowest BCUT2D eigenvalue weighted by Gasteiger charge is -2.16. The van der Waals surface area contributed by atoms with Crippen LogP contribution in [0.25, 0.3) is 0 Å². The van der Waals surface area contributed by atoms with Gasteiger partial charge in [-0.1, -0.05) is 0 Å². The molecule has 0 aliphatic heterocycles. The lowest BCUT2D eigenvalue weighted by molar-refractivity contribution is -0.121. The van der Waals surface area contributed by atoms with Crippen LogP contribution in [0.15, 0.2) is 12.3 Å². The number of anilines is 2. The molecule has 2 rings (SSSR count). The average Bonchev–Trinajstić information content (AvgIpc) is 3.24. The third kappa shape index (κ3) is 3.17. The molecule has 7 heteroatoms. The monoisotopic (exact) mass is 278 g/mol. The fraction of sp³-hybridized carbons (Fsp3) is 0.462. The van der Waals surface area contributed by atoms with Gasteiger partial charge in [0.1, 0.15) is 6.04 Å². The molecular formula is C13H18N4O3. The number of carbonyl (C=O) groups excluding carboxylic acids is 2. The van der Waals surface area contributed by atoms with Gasteiger partial charge in [0.25, 0.3) is 0 Å². The molecule has 0 aromatic carbocycles. The van der Waals surface area contributed by atoms with Crippen LogP contribution >= 0.6 is 0 Å². The van der Waals surface area contributed by atoms with E-state index in [4.69, 9.17) is 5.73 Å². The number of nitrogen functional groups attached to an aromatic ring is 1. The fourth-order valence-electron chi connectivity index (χ4n) is 1.70. The van der Waals surface area contributed by atoms with Crippen molar-refractivity contribution in [1.29, 1.82) is 0 Å². The first-order valence-corrected chi connectivity index (χ1v) is 6.42. The first-order valence-electron chi connectivity index (χ1n) is 6.42. The predicted octanol–water partition coefficient (Wildman–Crippen LogP) is 0.529. The number of rotatable bonds is 5. The number of nitrogens with zero attached hydrogens (tertiary/aromatic N) is 1. The maximum Gasteiger partial charge on any atom is 0.340 e. The number of methoxy groups -OCH3 is 1. The standard InChI is InChI=1S/C13H18N4O3/c1-7(12(18)17-8-3-4-8)16-11-10(14)9(5-6-15-11)13(19)20-2/h5-8H,3-4,14H2,1-2H3,(H,15,16)(H,17,18). The Hall–Kier alpha value is -2.31. The Morgan fingerprint density at radius 2 is 2.20 bits per heavy atom. The minimum Gasteiger partial charge on any atom is -0.465 e. The summed E-state index contributed by atoms with van der Waals surface area (Å²) in [5, 5.41) is 5.79. The van der Waals surface area contributed by atoms with E-state index in [0.29, 0.717) is 11.9 Å². The van der Waals surface area contributed by atoms with Crippen LogP contribution in [0.3, 0.4) is 0 Å². The number of nitrogens with two attached hydrogens (primary N) is 1. The largest absolute Gasteiger partial charge is 0.465 e. The van der Waals surface area contributed by atoms with Crippen molar-refractivity contribution in [2.75, 3.05) is 18.2 Å². The molecule has 1 aliphatic rings. The van der Waals surface area contributed by atoms with Gasteiger partial charge in [-0.15, -0.1) is 0 Å². The zero-order chi connectivity index (χ0) is 14.7. The van der Waals surface area contributed by atoms with Gasteiger partial charge in [0.15, 0.2) is 5.82 Å². The van der Waals surface area contributed by atoms with Crippen molar-refractivity contribution >= 4 is 23.4 Å². The molecule has 20 heavy (non-hydrogen) atoms. The molecule has 1 aromatic rings. The van der Waals surface area contributed by atoms with E-state index in [1.54, 1.807) is 6.92 Å². The van der Waals surface area contributed by atoms with Crippen molar-refractivity contribution in [2.24, 2.45) is 0 Å². The van der Waals surface area contributed by atoms with E-state index in [1.165, 1.54) is 19.4 Å². The van der Waals surface area contributed by atoms with E-state index in [9.17, 15) is 9.59 Å². The molecule has 1 unspecified atom stereocenters. The van der Waals surface area contributed by atoms with E-state index < -0.39 is 12.0 Å². The van der Waals surface area contributed by atoms with Crippen LogP contribution in [0.4, 0.5) is 11.5 Å². The minimum atomic E-state index is -0.539. The molecule has 0 bridgehead atoms. The number of amides is 1.